The highest BCUT2D eigenvalue weighted by molar-refractivity contribution is 5.89. The highest BCUT2D eigenvalue weighted by atomic mass is 19.4. The maximum Gasteiger partial charge on any atom is 0.441 e. The number of hydrogen-bond donors (Lipinski definition) is 2. The molecule has 4 rings (SSSR count). The van der Waals surface area contributed by atoms with E-state index in [4.69, 9.17) is 10.00 Å². The van der Waals surface area contributed by atoms with Crippen LogP contribution in [0.2, 0.25) is 0 Å². The molecule has 6 nitrogen and oxygen atoms in total. The van der Waals surface area contributed by atoms with Gasteiger partial charge >= 0.3 is 6.18 Å². The molecule has 9 heteroatoms. The van der Waals surface area contributed by atoms with Crippen LogP contribution in [0.1, 0.15) is 16.7 Å². The second-order valence-electron chi connectivity index (χ2n) is 6.64. The topological polar surface area (TPSA) is 86.9 Å². The van der Waals surface area contributed by atoms with Crippen LogP contribution in [0.25, 0.3) is 21.9 Å². The second-order valence-corrected chi connectivity index (χ2v) is 6.64. The van der Waals surface area contributed by atoms with Crippen LogP contribution in [-0.2, 0) is 5.72 Å². The van der Waals surface area contributed by atoms with Gasteiger partial charge < -0.3 is 14.8 Å². The molecule has 2 N–H and O–H groups in total. The van der Waals surface area contributed by atoms with Gasteiger partial charge in [0.1, 0.15) is 5.75 Å². The summed E-state index contributed by atoms with van der Waals surface area (Å²) < 4.78 is 49.3. The van der Waals surface area contributed by atoms with Gasteiger partial charge in [-0.3, -0.25) is 4.57 Å². The third-order valence-corrected chi connectivity index (χ3v) is 4.99. The van der Waals surface area contributed by atoms with Crippen molar-refractivity contribution in [2.75, 3.05) is 7.11 Å². The molecule has 0 aliphatic heterocycles. The zero-order valence-corrected chi connectivity index (χ0v) is 15.4. The van der Waals surface area contributed by atoms with Crippen LogP contribution in [0.3, 0.4) is 0 Å². The van der Waals surface area contributed by atoms with E-state index in [1.54, 1.807) is 6.92 Å². The number of nitriles is 1. The predicted octanol–water partition coefficient (Wildman–Crippen LogP) is 3.96. The van der Waals surface area contributed by atoms with E-state index in [1.165, 1.54) is 43.6 Å². The number of hydrogen-bond acceptors (Lipinski definition) is 4. The van der Waals surface area contributed by atoms with Crippen molar-refractivity contribution in [3.8, 4) is 11.8 Å². The lowest BCUT2D eigenvalue weighted by atomic mass is 9.94. The fourth-order valence-electron chi connectivity index (χ4n) is 3.64. The minimum absolute atomic E-state index is 0.0233. The van der Waals surface area contributed by atoms with E-state index >= 15 is 0 Å². The molecule has 1 unspecified atom stereocenters. The Hall–Kier alpha value is -3.51. The molecule has 0 fully saturated rings. The lowest BCUT2D eigenvalue weighted by molar-refractivity contribution is -0.277. The highest BCUT2D eigenvalue weighted by Gasteiger charge is 2.59. The Labute approximate surface area is 162 Å². The van der Waals surface area contributed by atoms with Crippen LogP contribution in [-0.4, -0.2) is 32.9 Å². The number of methoxy groups -OCH3 is 1. The van der Waals surface area contributed by atoms with Gasteiger partial charge in [0.2, 0.25) is 0 Å². The van der Waals surface area contributed by atoms with Crippen molar-refractivity contribution >= 4 is 21.9 Å². The van der Waals surface area contributed by atoms with Crippen molar-refractivity contribution in [3.05, 3.63) is 59.5 Å². The molecule has 0 spiro atoms. The Bertz CT molecular complexity index is 1280. The van der Waals surface area contributed by atoms with E-state index in [9.17, 15) is 18.3 Å². The number of halogens is 3. The maximum atomic E-state index is 14.5. The van der Waals surface area contributed by atoms with Crippen molar-refractivity contribution in [1.82, 2.24) is 14.5 Å². The van der Waals surface area contributed by atoms with E-state index in [1.807, 2.05) is 6.07 Å². The quantitative estimate of drug-likeness (QED) is 0.545. The molecule has 148 valence electrons. The van der Waals surface area contributed by atoms with E-state index in [2.05, 4.69) is 9.97 Å². The average Bonchev–Trinajstić information content (AvgIpc) is 3.33. The van der Waals surface area contributed by atoms with Crippen LogP contribution in [0.15, 0.2) is 42.9 Å². The number of alkyl halides is 3. The molecule has 0 saturated heterocycles. The minimum Gasteiger partial charge on any atom is -0.496 e. The number of nitrogens with zero attached hydrogens (tertiary/aromatic N) is 3. The number of aliphatic hydroxyl groups is 1. The Morgan fingerprint density at radius 2 is 2.00 bits per heavy atom. The standard InChI is InChI=1S/C20H15F3N4O2/c1-11-7-16(29-2)17(13-5-6-25-18(11)13)19(28,20(21,22)23)27-10-26-14-8-12(9-24)3-4-15(14)27/h3-8,10,25,28H,1-2H3. The number of ether oxygens (including phenoxy) is 1. The summed E-state index contributed by atoms with van der Waals surface area (Å²) in [5.74, 6) is -0.107. The maximum absolute atomic E-state index is 14.5. The van der Waals surface area contributed by atoms with Crippen LogP contribution >= 0.6 is 0 Å². The molecule has 0 aliphatic carbocycles. The summed E-state index contributed by atoms with van der Waals surface area (Å²) in [5.41, 5.74) is -2.35. The number of benzene rings is 2. The summed E-state index contributed by atoms with van der Waals surface area (Å²) in [6.45, 7) is 1.73. The normalized spacial score (nSPS) is 14.1. The zero-order valence-electron chi connectivity index (χ0n) is 15.4. The molecule has 4 aromatic rings. The van der Waals surface area contributed by atoms with Crippen LogP contribution in [0.4, 0.5) is 13.2 Å². The van der Waals surface area contributed by atoms with Gasteiger partial charge in [0.15, 0.2) is 0 Å². The Kier molecular flexibility index (Phi) is 4.06. The Morgan fingerprint density at radius 3 is 2.66 bits per heavy atom. The van der Waals surface area contributed by atoms with Crippen LogP contribution in [0.5, 0.6) is 5.75 Å². The number of rotatable bonds is 3. The van der Waals surface area contributed by atoms with Crippen molar-refractivity contribution in [3.63, 3.8) is 0 Å². The first kappa shape index (κ1) is 18.8. The van der Waals surface area contributed by atoms with Crippen molar-refractivity contribution in [2.45, 2.75) is 18.8 Å². The lowest BCUT2D eigenvalue weighted by Gasteiger charge is -2.34. The molecule has 2 aromatic heterocycles. The van der Waals surface area contributed by atoms with E-state index < -0.39 is 17.5 Å². The minimum atomic E-state index is -5.11. The van der Waals surface area contributed by atoms with Crippen LogP contribution in [0, 0.1) is 18.3 Å². The molecule has 0 bridgehead atoms. The van der Waals surface area contributed by atoms with Crippen molar-refractivity contribution < 1.29 is 23.0 Å². The highest BCUT2D eigenvalue weighted by Crippen LogP contribution is 2.48. The molecule has 2 aromatic carbocycles. The Balaban J connectivity index is 2.13. The van der Waals surface area contributed by atoms with Crippen LogP contribution < -0.4 is 4.74 Å². The number of imidazole rings is 1. The van der Waals surface area contributed by atoms with Gasteiger partial charge in [0.05, 0.1) is 41.7 Å². The number of aryl methyl sites for hydroxylation is 1. The number of fused-ring (bicyclic) bond motifs is 2. The lowest BCUT2D eigenvalue weighted by Crippen LogP contribution is -2.48. The summed E-state index contributed by atoms with van der Waals surface area (Å²) in [6, 6.07) is 8.88. The van der Waals surface area contributed by atoms with Gasteiger partial charge in [0.25, 0.3) is 5.72 Å². The molecule has 0 amide bonds. The van der Waals surface area contributed by atoms with Gasteiger partial charge in [-0.25, -0.2) is 4.98 Å². The SMILES string of the molecule is COc1cc(C)c2[nH]ccc2c1C(O)(n1cnc2cc(C#N)ccc21)C(F)(F)F. The molecule has 29 heavy (non-hydrogen) atoms. The van der Waals surface area contributed by atoms with E-state index in [0.29, 0.717) is 15.6 Å². The van der Waals surface area contributed by atoms with Gasteiger partial charge in [-0.05, 0) is 42.8 Å². The fraction of sp³-hybridized carbons (Fsp3) is 0.200. The first-order valence-electron chi connectivity index (χ1n) is 8.54. The molecule has 0 aliphatic rings. The monoisotopic (exact) mass is 400 g/mol. The molecule has 2 heterocycles. The van der Waals surface area contributed by atoms with Gasteiger partial charge in [-0.1, -0.05) is 0 Å². The first-order valence-corrected chi connectivity index (χ1v) is 8.54. The third kappa shape index (κ3) is 2.57. The summed E-state index contributed by atoms with van der Waals surface area (Å²) in [5, 5.41) is 20.5. The molecule has 1 atom stereocenters. The van der Waals surface area contributed by atoms with E-state index in [0.717, 1.165) is 6.33 Å². The smallest absolute Gasteiger partial charge is 0.441 e. The van der Waals surface area contributed by atoms with Gasteiger partial charge in [-0.15, -0.1) is 0 Å². The van der Waals surface area contributed by atoms with Crippen molar-refractivity contribution in [1.29, 1.82) is 5.26 Å². The summed E-state index contributed by atoms with van der Waals surface area (Å²) in [6.07, 6.45) is -2.69. The molecule has 0 saturated carbocycles. The second kappa shape index (κ2) is 6.25. The summed E-state index contributed by atoms with van der Waals surface area (Å²) in [4.78, 5) is 6.88. The number of aromatic nitrogens is 3. The Morgan fingerprint density at radius 1 is 1.24 bits per heavy atom. The summed E-state index contributed by atoms with van der Waals surface area (Å²) >= 11 is 0. The van der Waals surface area contributed by atoms with Crippen molar-refractivity contribution in [2.24, 2.45) is 0 Å². The number of H-pyrrole nitrogens is 1. The molecular weight excluding hydrogens is 385 g/mol. The zero-order chi connectivity index (χ0) is 21.0. The average molecular weight is 400 g/mol. The molecular formula is C20H15F3N4O2. The largest absolute Gasteiger partial charge is 0.496 e. The number of aromatic amines is 1. The summed E-state index contributed by atoms with van der Waals surface area (Å²) in [7, 11) is 1.25. The fourth-order valence-corrected chi connectivity index (χ4v) is 3.64. The third-order valence-electron chi connectivity index (χ3n) is 4.99. The number of nitrogens with one attached hydrogen (secondary N) is 1. The first-order chi connectivity index (χ1) is 13.7. The van der Waals surface area contributed by atoms with E-state index in [-0.39, 0.29) is 27.7 Å². The predicted molar refractivity (Wildman–Crippen MR) is 99.4 cm³/mol. The van der Waals surface area contributed by atoms with Gasteiger partial charge in [0, 0.05) is 17.1 Å². The molecule has 0 radical (unpaired) electrons. The van der Waals surface area contributed by atoms with Gasteiger partial charge in [-0.2, -0.15) is 18.4 Å².